The Morgan fingerprint density at radius 3 is 2.92 bits per heavy atom. The molecule has 0 unspecified atom stereocenters. The van der Waals surface area contributed by atoms with Crippen LogP contribution in [0.15, 0.2) is 60.1 Å². The molecule has 1 aromatic carbocycles. The molecule has 24 heavy (non-hydrogen) atoms. The van der Waals surface area contributed by atoms with E-state index in [0.717, 1.165) is 11.3 Å². The van der Waals surface area contributed by atoms with Crippen LogP contribution in [0.4, 0.5) is 5.69 Å². The fourth-order valence-corrected chi connectivity index (χ4v) is 2.74. The van der Waals surface area contributed by atoms with Gasteiger partial charge in [0.2, 0.25) is 5.91 Å². The van der Waals surface area contributed by atoms with E-state index >= 15 is 0 Å². The number of nitrogens with zero attached hydrogens (tertiary/aromatic N) is 2. The molecule has 0 aliphatic carbocycles. The Bertz CT molecular complexity index is 820. The monoisotopic (exact) mass is 340 g/mol. The Morgan fingerprint density at radius 2 is 2.12 bits per heavy atom. The first-order valence-corrected chi connectivity index (χ1v) is 8.25. The predicted molar refractivity (Wildman–Crippen MR) is 94.2 cm³/mol. The first kappa shape index (κ1) is 16.1. The Morgan fingerprint density at radius 1 is 1.29 bits per heavy atom. The summed E-state index contributed by atoms with van der Waals surface area (Å²) in [6.07, 6.45) is 5.20. The number of ether oxygens (including phenoxy) is 1. The van der Waals surface area contributed by atoms with Gasteiger partial charge in [0, 0.05) is 29.7 Å². The minimum absolute atomic E-state index is 0.102. The molecule has 0 bridgehead atoms. The van der Waals surface area contributed by atoms with Gasteiger partial charge in [0.15, 0.2) is 5.16 Å². The average Bonchev–Trinajstić information content (AvgIpc) is 3.10. The highest BCUT2D eigenvalue weighted by Crippen LogP contribution is 2.21. The standard InChI is InChI=1S/C17H16N4O2S/c1-23-14-4-2-3-13(9-14)20-16(22)11-24-17-19-10-15(21-17)12-5-7-18-8-6-12/h2-10H,11H2,1H3,(H,19,21)(H,20,22). The lowest BCUT2D eigenvalue weighted by atomic mass is 10.2. The number of amides is 1. The summed E-state index contributed by atoms with van der Waals surface area (Å²) in [5.74, 6) is 0.865. The first-order chi connectivity index (χ1) is 11.7. The topological polar surface area (TPSA) is 79.9 Å². The molecule has 0 aliphatic heterocycles. The third-order valence-corrected chi connectivity index (χ3v) is 4.12. The summed E-state index contributed by atoms with van der Waals surface area (Å²) < 4.78 is 5.13. The fraction of sp³-hybridized carbons (Fsp3) is 0.118. The lowest BCUT2D eigenvalue weighted by molar-refractivity contribution is -0.113. The van der Waals surface area contributed by atoms with Crippen LogP contribution < -0.4 is 10.1 Å². The second-order valence-corrected chi connectivity index (χ2v) is 5.87. The molecule has 0 atom stereocenters. The van der Waals surface area contributed by atoms with E-state index in [2.05, 4.69) is 20.3 Å². The maximum absolute atomic E-state index is 12.0. The summed E-state index contributed by atoms with van der Waals surface area (Å²) in [6, 6.07) is 11.1. The van der Waals surface area contributed by atoms with E-state index in [1.54, 1.807) is 31.8 Å². The van der Waals surface area contributed by atoms with Crippen molar-refractivity contribution in [2.75, 3.05) is 18.2 Å². The van der Waals surface area contributed by atoms with E-state index in [1.807, 2.05) is 30.3 Å². The van der Waals surface area contributed by atoms with E-state index in [1.165, 1.54) is 11.8 Å². The van der Waals surface area contributed by atoms with E-state index in [-0.39, 0.29) is 11.7 Å². The lowest BCUT2D eigenvalue weighted by Gasteiger charge is -2.06. The number of carbonyl (C=O) groups excluding carboxylic acids is 1. The normalized spacial score (nSPS) is 10.4. The molecule has 1 amide bonds. The van der Waals surface area contributed by atoms with Gasteiger partial charge in [-0.05, 0) is 24.3 Å². The highest BCUT2D eigenvalue weighted by Gasteiger charge is 2.08. The molecule has 2 aromatic heterocycles. The Hall–Kier alpha value is -2.80. The van der Waals surface area contributed by atoms with E-state index < -0.39 is 0 Å². The van der Waals surface area contributed by atoms with Crippen molar-refractivity contribution < 1.29 is 9.53 Å². The van der Waals surface area contributed by atoms with Gasteiger partial charge in [-0.15, -0.1) is 0 Å². The largest absolute Gasteiger partial charge is 0.497 e. The number of nitrogens with one attached hydrogen (secondary N) is 2. The Labute approximate surface area is 143 Å². The number of benzene rings is 1. The summed E-state index contributed by atoms with van der Waals surface area (Å²) in [7, 11) is 1.59. The summed E-state index contributed by atoms with van der Waals surface area (Å²) in [6.45, 7) is 0. The molecule has 0 radical (unpaired) electrons. The van der Waals surface area contributed by atoms with Crippen molar-refractivity contribution in [1.29, 1.82) is 0 Å². The van der Waals surface area contributed by atoms with E-state index in [4.69, 9.17) is 4.74 Å². The quantitative estimate of drug-likeness (QED) is 0.674. The second kappa shape index (κ2) is 7.65. The van der Waals surface area contributed by atoms with Gasteiger partial charge in [0.1, 0.15) is 5.75 Å². The number of carbonyl (C=O) groups is 1. The summed E-state index contributed by atoms with van der Waals surface area (Å²) in [4.78, 5) is 23.5. The van der Waals surface area contributed by atoms with Gasteiger partial charge < -0.3 is 15.0 Å². The van der Waals surface area contributed by atoms with Crippen molar-refractivity contribution in [3.8, 4) is 17.0 Å². The number of rotatable bonds is 6. The molecular formula is C17H16N4O2S. The number of hydrogen-bond donors (Lipinski definition) is 2. The zero-order valence-corrected chi connectivity index (χ0v) is 13.8. The number of methoxy groups -OCH3 is 1. The molecule has 0 saturated carbocycles. The SMILES string of the molecule is COc1cccc(NC(=O)CSc2ncc(-c3ccncc3)[nH]2)c1. The number of anilines is 1. The van der Waals surface area contributed by atoms with Crippen LogP contribution in [0, 0.1) is 0 Å². The number of pyridine rings is 1. The van der Waals surface area contributed by atoms with Crippen LogP contribution >= 0.6 is 11.8 Å². The maximum Gasteiger partial charge on any atom is 0.234 e. The summed E-state index contributed by atoms with van der Waals surface area (Å²) in [5.41, 5.74) is 2.61. The number of thioether (sulfide) groups is 1. The Balaban J connectivity index is 1.56. The number of imidazole rings is 1. The van der Waals surface area contributed by atoms with Gasteiger partial charge in [0.05, 0.1) is 24.8 Å². The molecule has 2 heterocycles. The molecule has 3 aromatic rings. The van der Waals surface area contributed by atoms with Gasteiger partial charge in [-0.2, -0.15) is 0 Å². The molecule has 122 valence electrons. The maximum atomic E-state index is 12.0. The van der Waals surface area contributed by atoms with Crippen LogP contribution in [0.1, 0.15) is 0 Å². The number of aromatic nitrogens is 3. The number of H-pyrrole nitrogens is 1. The van der Waals surface area contributed by atoms with Crippen LogP contribution in [0.25, 0.3) is 11.3 Å². The first-order valence-electron chi connectivity index (χ1n) is 7.27. The van der Waals surface area contributed by atoms with Crippen LogP contribution in [-0.4, -0.2) is 33.7 Å². The Kier molecular flexibility index (Phi) is 5.12. The predicted octanol–water partition coefficient (Wildman–Crippen LogP) is 3.21. The van der Waals surface area contributed by atoms with Crippen LogP contribution in [0.2, 0.25) is 0 Å². The van der Waals surface area contributed by atoms with Crippen LogP contribution in [0.3, 0.4) is 0 Å². The van der Waals surface area contributed by atoms with Crippen LogP contribution in [-0.2, 0) is 4.79 Å². The molecule has 2 N–H and O–H groups in total. The van der Waals surface area contributed by atoms with Crippen molar-refractivity contribution in [3.05, 3.63) is 55.0 Å². The third-order valence-electron chi connectivity index (χ3n) is 3.24. The van der Waals surface area contributed by atoms with E-state index in [9.17, 15) is 4.79 Å². The molecule has 0 saturated heterocycles. The molecule has 0 spiro atoms. The van der Waals surface area contributed by atoms with Crippen LogP contribution in [0.5, 0.6) is 5.75 Å². The molecular weight excluding hydrogens is 324 g/mol. The van der Waals surface area contributed by atoms with Crippen molar-refractivity contribution >= 4 is 23.4 Å². The zero-order valence-electron chi connectivity index (χ0n) is 13.0. The molecule has 0 aliphatic rings. The molecule has 7 heteroatoms. The number of hydrogen-bond acceptors (Lipinski definition) is 5. The highest BCUT2D eigenvalue weighted by molar-refractivity contribution is 7.99. The summed E-state index contributed by atoms with van der Waals surface area (Å²) >= 11 is 1.35. The van der Waals surface area contributed by atoms with Crippen molar-refractivity contribution in [1.82, 2.24) is 15.0 Å². The average molecular weight is 340 g/mol. The second-order valence-electron chi connectivity index (χ2n) is 4.91. The molecule has 3 rings (SSSR count). The molecule has 6 nitrogen and oxygen atoms in total. The smallest absolute Gasteiger partial charge is 0.234 e. The third kappa shape index (κ3) is 4.14. The van der Waals surface area contributed by atoms with Gasteiger partial charge in [0.25, 0.3) is 0 Å². The number of aromatic amines is 1. The minimum Gasteiger partial charge on any atom is -0.497 e. The van der Waals surface area contributed by atoms with Gasteiger partial charge >= 0.3 is 0 Å². The lowest BCUT2D eigenvalue weighted by Crippen LogP contribution is -2.14. The van der Waals surface area contributed by atoms with E-state index in [0.29, 0.717) is 16.6 Å². The van der Waals surface area contributed by atoms with Crippen molar-refractivity contribution in [2.45, 2.75) is 5.16 Å². The van der Waals surface area contributed by atoms with Crippen molar-refractivity contribution in [2.24, 2.45) is 0 Å². The summed E-state index contributed by atoms with van der Waals surface area (Å²) in [5, 5.41) is 3.53. The highest BCUT2D eigenvalue weighted by atomic mass is 32.2. The van der Waals surface area contributed by atoms with Gasteiger partial charge in [-0.25, -0.2) is 4.98 Å². The van der Waals surface area contributed by atoms with Crippen molar-refractivity contribution in [3.63, 3.8) is 0 Å². The fourth-order valence-electron chi connectivity index (χ4n) is 2.09. The van der Waals surface area contributed by atoms with Gasteiger partial charge in [-0.1, -0.05) is 17.8 Å². The minimum atomic E-state index is -0.102. The van der Waals surface area contributed by atoms with Gasteiger partial charge in [-0.3, -0.25) is 9.78 Å². The zero-order chi connectivity index (χ0) is 16.8. The molecule has 0 fully saturated rings.